The molecule has 154 valence electrons. The summed E-state index contributed by atoms with van der Waals surface area (Å²) in [6, 6.07) is 5.00. The minimum absolute atomic E-state index is 0.218. The van der Waals surface area contributed by atoms with Gasteiger partial charge < -0.3 is 9.80 Å². The van der Waals surface area contributed by atoms with E-state index in [0.29, 0.717) is 17.2 Å². The molecule has 0 atom stereocenters. The molecule has 1 aliphatic rings. The Labute approximate surface area is 172 Å². The van der Waals surface area contributed by atoms with Crippen LogP contribution in [0.15, 0.2) is 35.5 Å². The number of nitrogens with zero attached hydrogens (tertiary/aromatic N) is 9. The van der Waals surface area contributed by atoms with Crippen LogP contribution in [0.25, 0.3) is 22.7 Å². The summed E-state index contributed by atoms with van der Waals surface area (Å²) in [7, 11) is 0. The quantitative estimate of drug-likeness (QED) is 0.522. The Balaban J connectivity index is 1.43. The maximum Gasteiger partial charge on any atom is 0.273 e. The summed E-state index contributed by atoms with van der Waals surface area (Å²) in [5.41, 5.74) is 2.63. The minimum Gasteiger partial charge on any atom is -0.338 e. The van der Waals surface area contributed by atoms with Gasteiger partial charge in [-0.3, -0.25) is 9.89 Å². The summed E-state index contributed by atoms with van der Waals surface area (Å²) >= 11 is 0. The molecule has 0 saturated carbocycles. The third-order valence-corrected chi connectivity index (χ3v) is 5.46. The Morgan fingerprint density at radius 2 is 2.00 bits per heavy atom. The van der Waals surface area contributed by atoms with E-state index in [0.717, 1.165) is 49.9 Å². The van der Waals surface area contributed by atoms with Crippen molar-refractivity contribution in [2.75, 3.05) is 37.6 Å². The number of fused-ring (bicyclic) bond motifs is 1. The van der Waals surface area contributed by atoms with E-state index in [2.05, 4.69) is 42.1 Å². The van der Waals surface area contributed by atoms with E-state index >= 15 is 0 Å². The number of nitrogens with one attached hydrogen (secondary N) is 1. The number of hydrogen-bond acceptors (Lipinski definition) is 8. The Morgan fingerprint density at radius 3 is 2.77 bits per heavy atom. The van der Waals surface area contributed by atoms with Gasteiger partial charge in [0.15, 0.2) is 11.5 Å². The number of aromatic nitrogens is 8. The molecule has 0 amide bonds. The van der Waals surface area contributed by atoms with Gasteiger partial charge in [0.1, 0.15) is 6.33 Å². The number of piperazine rings is 1. The van der Waals surface area contributed by atoms with Crippen molar-refractivity contribution in [2.45, 2.75) is 13.8 Å². The summed E-state index contributed by atoms with van der Waals surface area (Å²) in [5, 5.41) is 15.2. The van der Waals surface area contributed by atoms with Crippen molar-refractivity contribution in [1.82, 2.24) is 44.5 Å². The molecular formula is C19H22N10O. The van der Waals surface area contributed by atoms with E-state index in [-0.39, 0.29) is 5.56 Å². The Morgan fingerprint density at radius 1 is 1.17 bits per heavy atom. The number of H-pyrrole nitrogens is 1. The first-order valence-electron chi connectivity index (χ1n) is 9.93. The standard InChI is InChI=1S/C19H22N10O/c1-3-26-6-8-27(9-7-26)19-20-11-14(13(2)22-19)15-10-18(30)29(24-15)17-5-4-16-23-21-12-28(16)25-17/h4-5,10-12,24H,3,6-9H2,1-2H3. The molecule has 0 spiro atoms. The normalized spacial score (nSPS) is 15.2. The molecule has 1 fully saturated rings. The summed E-state index contributed by atoms with van der Waals surface area (Å²) in [6.45, 7) is 9.03. The average Bonchev–Trinajstić information content (AvgIpc) is 3.39. The first kappa shape index (κ1) is 18.4. The van der Waals surface area contributed by atoms with E-state index in [4.69, 9.17) is 4.98 Å². The van der Waals surface area contributed by atoms with Crippen LogP contribution in [0.4, 0.5) is 5.95 Å². The number of anilines is 1. The molecule has 30 heavy (non-hydrogen) atoms. The van der Waals surface area contributed by atoms with Crippen molar-refractivity contribution in [2.24, 2.45) is 0 Å². The average molecular weight is 406 g/mol. The number of aromatic amines is 1. The van der Waals surface area contributed by atoms with Crippen molar-refractivity contribution in [3.05, 3.63) is 46.8 Å². The van der Waals surface area contributed by atoms with Crippen LogP contribution in [0.5, 0.6) is 0 Å². The Bertz CT molecular complexity index is 1250. The molecular weight excluding hydrogens is 384 g/mol. The molecule has 1 aliphatic heterocycles. The number of rotatable bonds is 4. The van der Waals surface area contributed by atoms with Gasteiger partial charge in [-0.05, 0) is 25.6 Å². The van der Waals surface area contributed by atoms with E-state index in [1.165, 1.54) is 21.6 Å². The first-order valence-corrected chi connectivity index (χ1v) is 9.93. The fraction of sp³-hybridized carbons (Fsp3) is 0.368. The fourth-order valence-corrected chi connectivity index (χ4v) is 3.68. The minimum atomic E-state index is -0.218. The maximum atomic E-state index is 12.6. The van der Waals surface area contributed by atoms with Gasteiger partial charge >= 0.3 is 0 Å². The number of likely N-dealkylation sites (N-methyl/N-ethyl adjacent to an activating group) is 1. The zero-order valence-corrected chi connectivity index (χ0v) is 16.9. The molecule has 1 N–H and O–H groups in total. The van der Waals surface area contributed by atoms with Crippen molar-refractivity contribution in [1.29, 1.82) is 0 Å². The fourth-order valence-electron chi connectivity index (χ4n) is 3.68. The van der Waals surface area contributed by atoms with Gasteiger partial charge in [0.2, 0.25) is 5.95 Å². The van der Waals surface area contributed by atoms with Crippen molar-refractivity contribution >= 4 is 11.6 Å². The van der Waals surface area contributed by atoms with Crippen LogP contribution in [0.2, 0.25) is 0 Å². The van der Waals surface area contributed by atoms with Crippen LogP contribution in [-0.2, 0) is 0 Å². The Kier molecular flexibility index (Phi) is 4.51. The summed E-state index contributed by atoms with van der Waals surface area (Å²) in [4.78, 5) is 26.5. The van der Waals surface area contributed by atoms with Crippen molar-refractivity contribution < 1.29 is 0 Å². The van der Waals surface area contributed by atoms with Gasteiger partial charge in [-0.15, -0.1) is 15.3 Å². The van der Waals surface area contributed by atoms with Gasteiger partial charge in [0, 0.05) is 44.0 Å². The van der Waals surface area contributed by atoms with E-state index in [1.54, 1.807) is 18.3 Å². The number of hydrogen-bond donors (Lipinski definition) is 1. The highest BCUT2D eigenvalue weighted by Gasteiger charge is 2.19. The van der Waals surface area contributed by atoms with Gasteiger partial charge in [0.05, 0.1) is 11.4 Å². The molecule has 4 aromatic heterocycles. The highest BCUT2D eigenvalue weighted by molar-refractivity contribution is 5.61. The largest absolute Gasteiger partial charge is 0.338 e. The maximum absolute atomic E-state index is 12.6. The van der Waals surface area contributed by atoms with E-state index in [9.17, 15) is 4.79 Å². The molecule has 0 aromatic carbocycles. The van der Waals surface area contributed by atoms with Crippen LogP contribution in [0, 0.1) is 6.92 Å². The van der Waals surface area contributed by atoms with Crippen molar-refractivity contribution in [3.8, 4) is 17.1 Å². The monoisotopic (exact) mass is 406 g/mol. The number of aryl methyl sites for hydroxylation is 1. The van der Waals surface area contributed by atoms with E-state index < -0.39 is 0 Å². The summed E-state index contributed by atoms with van der Waals surface area (Å²) in [5.74, 6) is 1.18. The topological polar surface area (TPSA) is 113 Å². The predicted octanol–water partition coefficient (Wildman–Crippen LogP) is 0.511. The molecule has 5 heterocycles. The second kappa shape index (κ2) is 7.34. The van der Waals surface area contributed by atoms with Crippen LogP contribution in [-0.4, -0.2) is 77.2 Å². The van der Waals surface area contributed by atoms with Gasteiger partial charge in [0.25, 0.3) is 5.56 Å². The molecule has 5 rings (SSSR count). The zero-order chi connectivity index (χ0) is 20.7. The van der Waals surface area contributed by atoms with Gasteiger partial charge in [-0.25, -0.2) is 9.97 Å². The van der Waals surface area contributed by atoms with Crippen molar-refractivity contribution in [3.63, 3.8) is 0 Å². The van der Waals surface area contributed by atoms with Crippen LogP contribution < -0.4 is 10.5 Å². The Hall–Kier alpha value is -3.60. The zero-order valence-electron chi connectivity index (χ0n) is 16.9. The lowest BCUT2D eigenvalue weighted by molar-refractivity contribution is 0.270. The highest BCUT2D eigenvalue weighted by atomic mass is 16.1. The van der Waals surface area contributed by atoms with E-state index in [1.807, 2.05) is 6.92 Å². The molecule has 4 aromatic rings. The molecule has 0 bridgehead atoms. The summed E-state index contributed by atoms with van der Waals surface area (Å²) < 4.78 is 2.90. The van der Waals surface area contributed by atoms with Crippen LogP contribution >= 0.6 is 0 Å². The molecule has 11 heteroatoms. The SMILES string of the molecule is CCN1CCN(c2ncc(-c3cc(=O)n(-c4ccc5nncn5n4)[nH]3)c(C)n2)CC1. The second-order valence-corrected chi connectivity index (χ2v) is 7.26. The molecule has 11 nitrogen and oxygen atoms in total. The second-order valence-electron chi connectivity index (χ2n) is 7.26. The molecule has 0 radical (unpaired) electrons. The smallest absolute Gasteiger partial charge is 0.273 e. The lowest BCUT2D eigenvalue weighted by Gasteiger charge is -2.34. The first-order chi connectivity index (χ1) is 14.6. The lowest BCUT2D eigenvalue weighted by atomic mass is 10.2. The highest BCUT2D eigenvalue weighted by Crippen LogP contribution is 2.21. The van der Waals surface area contributed by atoms with Gasteiger partial charge in [-0.2, -0.15) is 9.20 Å². The van der Waals surface area contributed by atoms with Gasteiger partial charge in [-0.1, -0.05) is 6.92 Å². The van der Waals surface area contributed by atoms with Crippen LogP contribution in [0.3, 0.4) is 0 Å². The third kappa shape index (κ3) is 3.22. The summed E-state index contributed by atoms with van der Waals surface area (Å²) in [6.07, 6.45) is 3.26. The molecule has 1 saturated heterocycles. The molecule has 0 aliphatic carbocycles. The third-order valence-electron chi connectivity index (χ3n) is 5.46. The predicted molar refractivity (Wildman–Crippen MR) is 111 cm³/mol. The lowest BCUT2D eigenvalue weighted by Crippen LogP contribution is -2.46. The van der Waals surface area contributed by atoms with Crippen LogP contribution in [0.1, 0.15) is 12.6 Å². The molecule has 0 unspecified atom stereocenters.